The van der Waals surface area contributed by atoms with Gasteiger partial charge in [-0.25, -0.2) is 0 Å². The van der Waals surface area contributed by atoms with Crippen LogP contribution in [0.5, 0.6) is 0 Å². The Morgan fingerprint density at radius 3 is 2.64 bits per heavy atom. The van der Waals surface area contributed by atoms with Crippen molar-refractivity contribution < 1.29 is 5.11 Å². The summed E-state index contributed by atoms with van der Waals surface area (Å²) in [4.78, 5) is 0. The molecule has 0 heterocycles. The van der Waals surface area contributed by atoms with Gasteiger partial charge >= 0.3 is 0 Å². The normalized spacial score (nSPS) is 10.4. The van der Waals surface area contributed by atoms with Gasteiger partial charge in [-0.05, 0) is 23.3 Å². The predicted molar refractivity (Wildman–Crippen MR) is 59.9 cm³/mol. The van der Waals surface area contributed by atoms with Crippen molar-refractivity contribution in [3.05, 3.63) is 35.4 Å². The Kier molecular flexibility index (Phi) is 4.03. The van der Waals surface area contributed by atoms with Crippen LogP contribution in [0.1, 0.15) is 11.1 Å². The Morgan fingerprint density at radius 2 is 2.14 bits per heavy atom. The maximum atomic E-state index is 8.80. The summed E-state index contributed by atoms with van der Waals surface area (Å²) in [6.45, 7) is 0.0442. The van der Waals surface area contributed by atoms with Gasteiger partial charge in [0, 0.05) is 0 Å². The number of hydrazone groups is 1. The number of thiocarbonyl (C=S) groups is 1. The molecule has 4 N–H and O–H groups in total. The van der Waals surface area contributed by atoms with Gasteiger partial charge in [-0.3, -0.25) is 5.43 Å². The molecule has 0 radical (unpaired) electrons. The largest absolute Gasteiger partial charge is 0.392 e. The van der Waals surface area contributed by atoms with Gasteiger partial charge in [-0.2, -0.15) is 5.10 Å². The number of nitrogens with one attached hydrogen (secondary N) is 1. The van der Waals surface area contributed by atoms with E-state index in [-0.39, 0.29) is 11.7 Å². The van der Waals surface area contributed by atoms with Crippen molar-refractivity contribution in [3.63, 3.8) is 0 Å². The van der Waals surface area contributed by atoms with Crippen molar-refractivity contribution in [2.24, 2.45) is 10.8 Å². The number of aliphatic hydroxyl groups excluding tert-OH is 1. The highest BCUT2D eigenvalue weighted by Gasteiger charge is 1.90. The molecule has 0 aromatic heterocycles. The summed E-state index contributed by atoms with van der Waals surface area (Å²) >= 11 is 4.57. The average Bonchev–Trinajstić information content (AvgIpc) is 2.18. The van der Waals surface area contributed by atoms with Crippen LogP contribution in [0.3, 0.4) is 0 Å². The third kappa shape index (κ3) is 3.51. The lowest BCUT2D eigenvalue weighted by atomic mass is 10.2. The van der Waals surface area contributed by atoms with E-state index in [0.29, 0.717) is 0 Å². The maximum absolute atomic E-state index is 8.80. The minimum atomic E-state index is 0.0442. The minimum absolute atomic E-state index is 0.0442. The van der Waals surface area contributed by atoms with Gasteiger partial charge in [-0.1, -0.05) is 24.3 Å². The van der Waals surface area contributed by atoms with E-state index in [1.807, 2.05) is 24.3 Å². The van der Waals surface area contributed by atoms with Crippen molar-refractivity contribution in [1.29, 1.82) is 0 Å². The summed E-state index contributed by atoms with van der Waals surface area (Å²) in [5, 5.41) is 12.7. The van der Waals surface area contributed by atoms with Crippen LogP contribution < -0.4 is 11.2 Å². The minimum Gasteiger partial charge on any atom is -0.392 e. The molecule has 1 aromatic rings. The average molecular weight is 209 g/mol. The van der Waals surface area contributed by atoms with E-state index in [1.54, 1.807) is 6.21 Å². The molecule has 0 atom stereocenters. The van der Waals surface area contributed by atoms with Crippen LogP contribution in [-0.2, 0) is 6.61 Å². The number of hydrogen-bond donors (Lipinski definition) is 3. The number of aliphatic hydroxyl groups is 1. The van der Waals surface area contributed by atoms with Gasteiger partial charge < -0.3 is 10.8 Å². The predicted octanol–water partition coefficient (Wildman–Crippen LogP) is 0.346. The van der Waals surface area contributed by atoms with Crippen LogP contribution in [0.4, 0.5) is 0 Å². The lowest BCUT2D eigenvalue weighted by Gasteiger charge is -1.97. The Bertz CT molecular complexity index is 334. The first-order valence-corrected chi connectivity index (χ1v) is 4.41. The summed E-state index contributed by atoms with van der Waals surface area (Å²) < 4.78 is 0. The van der Waals surface area contributed by atoms with Gasteiger partial charge in [0.1, 0.15) is 0 Å². The summed E-state index contributed by atoms with van der Waals surface area (Å²) in [6.07, 6.45) is 1.60. The summed E-state index contributed by atoms with van der Waals surface area (Å²) in [5.41, 5.74) is 9.40. The molecular weight excluding hydrogens is 198 g/mol. The summed E-state index contributed by atoms with van der Waals surface area (Å²) in [7, 11) is 0. The third-order valence-corrected chi connectivity index (χ3v) is 1.64. The van der Waals surface area contributed by atoms with Crippen molar-refractivity contribution in [2.45, 2.75) is 6.61 Å². The zero-order valence-corrected chi connectivity index (χ0v) is 8.29. The number of nitrogens with zero attached hydrogens (tertiary/aromatic N) is 1. The number of benzene rings is 1. The Balaban J connectivity index is 2.59. The zero-order chi connectivity index (χ0) is 10.4. The van der Waals surface area contributed by atoms with Crippen LogP contribution in [0, 0.1) is 0 Å². The molecule has 0 saturated carbocycles. The molecule has 1 aromatic carbocycles. The van der Waals surface area contributed by atoms with E-state index >= 15 is 0 Å². The van der Waals surface area contributed by atoms with Crippen molar-refractivity contribution in [3.8, 4) is 0 Å². The van der Waals surface area contributed by atoms with Gasteiger partial charge in [0.25, 0.3) is 0 Å². The highest BCUT2D eigenvalue weighted by molar-refractivity contribution is 7.80. The monoisotopic (exact) mass is 209 g/mol. The summed E-state index contributed by atoms with van der Waals surface area (Å²) in [6, 6.07) is 7.33. The Hall–Kier alpha value is -1.46. The zero-order valence-electron chi connectivity index (χ0n) is 7.47. The van der Waals surface area contributed by atoms with Gasteiger partial charge in [0.2, 0.25) is 0 Å². The van der Waals surface area contributed by atoms with Crippen LogP contribution in [-0.4, -0.2) is 16.4 Å². The number of hydrogen-bond acceptors (Lipinski definition) is 3. The molecule has 0 amide bonds. The van der Waals surface area contributed by atoms with Crippen molar-refractivity contribution >= 4 is 23.5 Å². The van der Waals surface area contributed by atoms with Crippen LogP contribution in [0.2, 0.25) is 0 Å². The van der Waals surface area contributed by atoms with E-state index in [2.05, 4.69) is 22.7 Å². The number of nitrogens with two attached hydrogens (primary N) is 1. The highest BCUT2D eigenvalue weighted by Crippen LogP contribution is 2.01. The first-order chi connectivity index (χ1) is 6.72. The molecule has 0 unspecified atom stereocenters. The lowest BCUT2D eigenvalue weighted by molar-refractivity contribution is 0.282. The first kappa shape index (κ1) is 10.6. The van der Waals surface area contributed by atoms with Gasteiger partial charge in [-0.15, -0.1) is 0 Å². The Labute approximate surface area is 87.4 Å². The topological polar surface area (TPSA) is 70.6 Å². The maximum Gasteiger partial charge on any atom is 0.184 e. The molecule has 0 aliphatic rings. The molecule has 4 nitrogen and oxygen atoms in total. The van der Waals surface area contributed by atoms with E-state index in [4.69, 9.17) is 10.8 Å². The molecule has 1 rings (SSSR count). The fourth-order valence-corrected chi connectivity index (χ4v) is 0.932. The first-order valence-electron chi connectivity index (χ1n) is 4.00. The number of rotatable bonds is 3. The second kappa shape index (κ2) is 5.31. The summed E-state index contributed by atoms with van der Waals surface area (Å²) in [5.74, 6) is 0. The smallest absolute Gasteiger partial charge is 0.184 e. The second-order valence-electron chi connectivity index (χ2n) is 2.63. The lowest BCUT2D eigenvalue weighted by Crippen LogP contribution is -2.23. The molecule has 74 valence electrons. The van der Waals surface area contributed by atoms with Gasteiger partial charge in [0.05, 0.1) is 12.8 Å². The third-order valence-electron chi connectivity index (χ3n) is 1.55. The van der Waals surface area contributed by atoms with Crippen LogP contribution in [0.25, 0.3) is 0 Å². The van der Waals surface area contributed by atoms with E-state index < -0.39 is 0 Å². The molecular formula is C9H11N3OS. The molecule has 0 spiro atoms. The van der Waals surface area contributed by atoms with Crippen molar-refractivity contribution in [1.82, 2.24) is 5.43 Å². The van der Waals surface area contributed by atoms with Crippen LogP contribution >= 0.6 is 12.2 Å². The molecule has 0 fully saturated rings. The molecule has 5 heteroatoms. The molecule has 14 heavy (non-hydrogen) atoms. The van der Waals surface area contributed by atoms with Crippen molar-refractivity contribution in [2.75, 3.05) is 0 Å². The Morgan fingerprint density at radius 1 is 1.50 bits per heavy atom. The quantitative estimate of drug-likeness (QED) is 0.381. The second-order valence-corrected chi connectivity index (χ2v) is 3.07. The highest BCUT2D eigenvalue weighted by atomic mass is 32.1. The fourth-order valence-electron chi connectivity index (χ4n) is 0.880. The van der Waals surface area contributed by atoms with E-state index in [1.165, 1.54) is 0 Å². The molecule has 0 aliphatic heterocycles. The fraction of sp³-hybridized carbons (Fsp3) is 0.111. The van der Waals surface area contributed by atoms with Crippen LogP contribution in [0.15, 0.2) is 29.4 Å². The standard InChI is InChI=1S/C9H11N3OS/c10-9(14)12-11-5-7-1-3-8(6-13)4-2-7/h1-5,13H,6H2,(H3,10,12,14). The van der Waals surface area contributed by atoms with E-state index in [9.17, 15) is 0 Å². The molecule has 0 bridgehead atoms. The van der Waals surface area contributed by atoms with Gasteiger partial charge in [0.15, 0.2) is 5.11 Å². The van der Waals surface area contributed by atoms with E-state index in [0.717, 1.165) is 11.1 Å². The SMILES string of the molecule is NC(=S)NN=Cc1ccc(CO)cc1. The molecule has 0 saturated heterocycles. The molecule has 0 aliphatic carbocycles.